The van der Waals surface area contributed by atoms with Gasteiger partial charge in [0.15, 0.2) is 0 Å². The fraction of sp³-hybridized carbons (Fsp3) is 0.455. The maximum atomic E-state index is 12.9. The van der Waals surface area contributed by atoms with Gasteiger partial charge in [-0.15, -0.1) is 0 Å². The van der Waals surface area contributed by atoms with E-state index in [9.17, 15) is 8.42 Å². The van der Waals surface area contributed by atoms with Crippen LogP contribution in [0, 0.1) is 6.92 Å². The van der Waals surface area contributed by atoms with Crippen molar-refractivity contribution >= 4 is 21.4 Å². The Morgan fingerprint density at radius 2 is 1.29 bits per heavy atom. The molecular formula is C22H29N3O2S. The Labute approximate surface area is 168 Å². The Balaban J connectivity index is 1.40. The zero-order valence-electron chi connectivity index (χ0n) is 16.5. The van der Waals surface area contributed by atoms with Crippen molar-refractivity contribution in [2.75, 3.05) is 49.1 Å². The van der Waals surface area contributed by atoms with Crippen molar-refractivity contribution in [1.29, 1.82) is 0 Å². The molecule has 0 atom stereocenters. The fourth-order valence-corrected chi connectivity index (χ4v) is 5.67. The number of hydrogen-bond donors (Lipinski definition) is 0. The van der Waals surface area contributed by atoms with Gasteiger partial charge in [0.05, 0.1) is 4.90 Å². The van der Waals surface area contributed by atoms with E-state index in [4.69, 9.17) is 0 Å². The van der Waals surface area contributed by atoms with E-state index >= 15 is 0 Å². The molecule has 5 nitrogen and oxygen atoms in total. The van der Waals surface area contributed by atoms with Gasteiger partial charge in [-0.25, -0.2) is 8.42 Å². The molecule has 28 heavy (non-hydrogen) atoms. The minimum Gasteiger partial charge on any atom is -0.372 e. The van der Waals surface area contributed by atoms with Crippen LogP contribution in [-0.4, -0.2) is 52.0 Å². The third-order valence-corrected chi connectivity index (χ3v) is 7.70. The van der Waals surface area contributed by atoms with Crippen LogP contribution < -0.4 is 9.80 Å². The quantitative estimate of drug-likeness (QED) is 0.789. The minimum atomic E-state index is -3.41. The van der Waals surface area contributed by atoms with E-state index in [2.05, 4.69) is 34.1 Å². The predicted octanol–water partition coefficient (Wildman–Crippen LogP) is 3.50. The highest BCUT2D eigenvalue weighted by Crippen LogP contribution is 2.25. The van der Waals surface area contributed by atoms with Crippen LogP contribution in [0.15, 0.2) is 53.4 Å². The molecule has 0 spiro atoms. The van der Waals surface area contributed by atoms with Crippen LogP contribution in [0.4, 0.5) is 11.4 Å². The Morgan fingerprint density at radius 1 is 0.714 bits per heavy atom. The van der Waals surface area contributed by atoms with Crippen molar-refractivity contribution < 1.29 is 8.42 Å². The molecule has 0 bridgehead atoms. The molecule has 2 aromatic carbocycles. The van der Waals surface area contributed by atoms with E-state index in [1.165, 1.54) is 30.6 Å². The summed E-state index contributed by atoms with van der Waals surface area (Å²) in [5, 5.41) is 0. The van der Waals surface area contributed by atoms with E-state index in [1.54, 1.807) is 16.4 Å². The monoisotopic (exact) mass is 399 g/mol. The number of piperazine rings is 1. The average molecular weight is 400 g/mol. The van der Waals surface area contributed by atoms with E-state index in [1.807, 2.05) is 19.1 Å². The third kappa shape index (κ3) is 4.03. The number of piperidine rings is 1. The van der Waals surface area contributed by atoms with Gasteiger partial charge in [-0.3, -0.25) is 0 Å². The molecule has 0 aromatic heterocycles. The predicted molar refractivity (Wildman–Crippen MR) is 115 cm³/mol. The van der Waals surface area contributed by atoms with E-state index < -0.39 is 10.0 Å². The van der Waals surface area contributed by atoms with E-state index in [0.29, 0.717) is 31.1 Å². The SMILES string of the molecule is Cc1cccc(S(=O)(=O)N2CCN(c3ccc(N4CCCCC4)cc3)CC2)c1. The summed E-state index contributed by atoms with van der Waals surface area (Å²) in [7, 11) is -3.41. The van der Waals surface area contributed by atoms with Gasteiger partial charge in [-0.2, -0.15) is 4.31 Å². The Bertz CT molecular complexity index is 898. The largest absolute Gasteiger partial charge is 0.372 e. The summed E-state index contributed by atoms with van der Waals surface area (Å²) < 4.78 is 27.4. The van der Waals surface area contributed by atoms with Crippen LogP contribution in [0.2, 0.25) is 0 Å². The maximum Gasteiger partial charge on any atom is 0.243 e. The molecule has 2 aliphatic heterocycles. The first kappa shape index (κ1) is 19.3. The highest BCUT2D eigenvalue weighted by atomic mass is 32.2. The molecule has 0 radical (unpaired) electrons. The van der Waals surface area contributed by atoms with Gasteiger partial charge in [0, 0.05) is 50.6 Å². The normalized spacial score (nSPS) is 19.0. The molecule has 2 aromatic rings. The molecule has 150 valence electrons. The molecule has 0 amide bonds. The molecule has 0 aliphatic carbocycles. The second-order valence-electron chi connectivity index (χ2n) is 7.77. The molecule has 6 heteroatoms. The lowest BCUT2D eigenvalue weighted by atomic mass is 10.1. The van der Waals surface area contributed by atoms with Gasteiger partial charge in [-0.1, -0.05) is 12.1 Å². The molecule has 2 aliphatic rings. The molecular weight excluding hydrogens is 370 g/mol. The zero-order valence-corrected chi connectivity index (χ0v) is 17.4. The number of benzene rings is 2. The van der Waals surface area contributed by atoms with Crippen molar-refractivity contribution in [2.24, 2.45) is 0 Å². The number of rotatable bonds is 4. The average Bonchev–Trinajstić information content (AvgIpc) is 2.75. The number of nitrogens with zero attached hydrogens (tertiary/aromatic N) is 3. The minimum absolute atomic E-state index is 0.395. The summed E-state index contributed by atoms with van der Waals surface area (Å²) in [6, 6.07) is 15.9. The summed E-state index contributed by atoms with van der Waals surface area (Å²) in [5.74, 6) is 0. The fourth-order valence-electron chi connectivity index (χ4n) is 4.14. The number of aryl methyl sites for hydroxylation is 1. The Morgan fingerprint density at radius 3 is 1.86 bits per heavy atom. The standard InChI is InChI=1S/C22H29N3O2S/c1-19-6-5-7-22(18-19)28(26,27)25-16-14-24(15-17-25)21-10-8-20(9-11-21)23-12-3-2-4-13-23/h5-11,18H,2-4,12-17H2,1H3. The molecule has 2 saturated heterocycles. The first-order chi connectivity index (χ1) is 13.5. The number of sulfonamides is 1. The van der Waals surface area contributed by atoms with Crippen LogP contribution in [0.25, 0.3) is 0 Å². The van der Waals surface area contributed by atoms with Crippen LogP contribution in [0.5, 0.6) is 0 Å². The zero-order chi connectivity index (χ0) is 19.6. The van der Waals surface area contributed by atoms with Crippen molar-refractivity contribution in [3.05, 3.63) is 54.1 Å². The number of hydrogen-bond acceptors (Lipinski definition) is 4. The second-order valence-corrected chi connectivity index (χ2v) is 9.71. The van der Waals surface area contributed by atoms with Gasteiger partial charge in [0.2, 0.25) is 10.0 Å². The van der Waals surface area contributed by atoms with Gasteiger partial charge < -0.3 is 9.80 Å². The topological polar surface area (TPSA) is 43.9 Å². The summed E-state index contributed by atoms with van der Waals surface area (Å²) in [5.41, 5.74) is 3.44. The molecule has 0 saturated carbocycles. The first-order valence-electron chi connectivity index (χ1n) is 10.2. The Hall–Kier alpha value is -2.05. The van der Waals surface area contributed by atoms with Crippen LogP contribution in [-0.2, 0) is 10.0 Å². The van der Waals surface area contributed by atoms with Gasteiger partial charge >= 0.3 is 0 Å². The van der Waals surface area contributed by atoms with Crippen molar-refractivity contribution in [1.82, 2.24) is 4.31 Å². The third-order valence-electron chi connectivity index (χ3n) is 5.80. The molecule has 4 rings (SSSR count). The van der Waals surface area contributed by atoms with Crippen LogP contribution >= 0.6 is 0 Å². The summed E-state index contributed by atoms with van der Waals surface area (Å²) in [4.78, 5) is 5.13. The van der Waals surface area contributed by atoms with Crippen LogP contribution in [0.1, 0.15) is 24.8 Å². The van der Waals surface area contributed by atoms with Gasteiger partial charge in [0.25, 0.3) is 0 Å². The number of anilines is 2. The molecule has 0 N–H and O–H groups in total. The first-order valence-corrected chi connectivity index (χ1v) is 11.6. The highest BCUT2D eigenvalue weighted by Gasteiger charge is 2.28. The van der Waals surface area contributed by atoms with Gasteiger partial charge in [-0.05, 0) is 68.1 Å². The van der Waals surface area contributed by atoms with E-state index in [0.717, 1.165) is 18.7 Å². The van der Waals surface area contributed by atoms with Crippen molar-refractivity contribution in [2.45, 2.75) is 31.1 Å². The Kier molecular flexibility index (Phi) is 5.60. The smallest absolute Gasteiger partial charge is 0.243 e. The van der Waals surface area contributed by atoms with E-state index in [-0.39, 0.29) is 0 Å². The lowest BCUT2D eigenvalue weighted by molar-refractivity contribution is 0.385. The molecule has 0 unspecified atom stereocenters. The maximum absolute atomic E-state index is 12.9. The lowest BCUT2D eigenvalue weighted by Gasteiger charge is -2.36. The van der Waals surface area contributed by atoms with Crippen molar-refractivity contribution in [3.63, 3.8) is 0 Å². The lowest BCUT2D eigenvalue weighted by Crippen LogP contribution is -2.48. The highest BCUT2D eigenvalue weighted by molar-refractivity contribution is 7.89. The second kappa shape index (κ2) is 8.13. The van der Waals surface area contributed by atoms with Crippen LogP contribution in [0.3, 0.4) is 0 Å². The summed E-state index contributed by atoms with van der Waals surface area (Å²) in [6.07, 6.45) is 3.89. The summed E-state index contributed by atoms with van der Waals surface area (Å²) >= 11 is 0. The molecule has 2 heterocycles. The summed E-state index contributed by atoms with van der Waals surface area (Å²) in [6.45, 7) is 6.69. The molecule has 2 fully saturated rings. The van der Waals surface area contributed by atoms with Gasteiger partial charge in [0.1, 0.15) is 0 Å². The van der Waals surface area contributed by atoms with Crippen molar-refractivity contribution in [3.8, 4) is 0 Å².